The number of carbonyl (C=O) groups excluding carboxylic acids is 1. The van der Waals surface area contributed by atoms with E-state index < -0.39 is 6.10 Å². The lowest BCUT2D eigenvalue weighted by Gasteiger charge is -2.21. The normalized spacial score (nSPS) is 19.5. The lowest BCUT2D eigenvalue weighted by Crippen LogP contribution is -2.38. The van der Waals surface area contributed by atoms with Crippen LogP contribution in [-0.2, 0) is 0 Å². The first-order chi connectivity index (χ1) is 13.5. The lowest BCUT2D eigenvalue weighted by molar-refractivity contribution is 0.0764. The number of nitrogens with two attached hydrogens (primary N) is 1. The Morgan fingerprint density at radius 2 is 1.89 bits per heavy atom. The second-order valence-electron chi connectivity index (χ2n) is 7.49. The number of benzene rings is 2. The van der Waals surface area contributed by atoms with Gasteiger partial charge in [-0.15, -0.1) is 0 Å². The number of aromatic nitrogens is 1. The number of anilines is 1. The molecule has 0 saturated carbocycles. The van der Waals surface area contributed by atoms with E-state index in [1.165, 1.54) is 0 Å². The van der Waals surface area contributed by atoms with E-state index in [0.29, 0.717) is 24.3 Å². The van der Waals surface area contributed by atoms with Crippen molar-refractivity contribution in [2.45, 2.75) is 12.1 Å². The second kappa shape index (κ2) is 7.22. The van der Waals surface area contributed by atoms with Crippen LogP contribution >= 0.6 is 0 Å². The highest BCUT2D eigenvalue weighted by Crippen LogP contribution is 2.30. The van der Waals surface area contributed by atoms with Gasteiger partial charge in [0.2, 0.25) is 0 Å². The predicted molar refractivity (Wildman–Crippen MR) is 111 cm³/mol. The molecule has 28 heavy (non-hydrogen) atoms. The Morgan fingerprint density at radius 3 is 2.57 bits per heavy atom. The summed E-state index contributed by atoms with van der Waals surface area (Å²) >= 11 is 0. The van der Waals surface area contributed by atoms with Crippen LogP contribution in [0.3, 0.4) is 0 Å². The van der Waals surface area contributed by atoms with Crippen LogP contribution in [0.1, 0.15) is 10.4 Å². The molecule has 3 N–H and O–H groups in total. The largest absolute Gasteiger partial charge is 0.398 e. The average Bonchev–Trinajstić information content (AvgIpc) is 3.09. The predicted octanol–water partition coefficient (Wildman–Crippen LogP) is 2.23. The number of aliphatic hydroxyl groups excluding tert-OH is 1. The van der Waals surface area contributed by atoms with Crippen LogP contribution in [0, 0.1) is 0 Å². The van der Waals surface area contributed by atoms with E-state index in [2.05, 4.69) is 4.98 Å². The highest BCUT2D eigenvalue weighted by Gasteiger charge is 2.35. The first-order valence-corrected chi connectivity index (χ1v) is 9.33. The van der Waals surface area contributed by atoms with E-state index in [4.69, 9.17) is 5.73 Å². The van der Waals surface area contributed by atoms with Crippen LogP contribution in [0.15, 0.2) is 54.7 Å². The Bertz CT molecular complexity index is 1020. The van der Waals surface area contributed by atoms with Crippen molar-refractivity contribution < 1.29 is 9.90 Å². The zero-order valence-corrected chi connectivity index (χ0v) is 16.0. The van der Waals surface area contributed by atoms with E-state index in [1.807, 2.05) is 61.5 Å². The van der Waals surface area contributed by atoms with Crippen LogP contribution in [-0.4, -0.2) is 65.1 Å². The SMILES string of the molecule is CN(C)C1CN(C(=O)c2ccc(-c3cccc4c(N)ccnc34)cc2)CC1O. The summed E-state index contributed by atoms with van der Waals surface area (Å²) in [6.45, 7) is 0.886. The van der Waals surface area contributed by atoms with Gasteiger partial charge in [-0.3, -0.25) is 9.78 Å². The number of β-amino-alcohol motifs (C(OH)–C–C–N with tert-alkyl or cyclic N) is 1. The van der Waals surface area contributed by atoms with Crippen molar-refractivity contribution in [3.63, 3.8) is 0 Å². The maximum Gasteiger partial charge on any atom is 0.253 e. The number of pyridine rings is 1. The van der Waals surface area contributed by atoms with Crippen molar-refractivity contribution >= 4 is 22.5 Å². The van der Waals surface area contributed by atoms with Gasteiger partial charge in [0.15, 0.2) is 0 Å². The molecule has 1 amide bonds. The molecule has 2 heterocycles. The lowest BCUT2D eigenvalue weighted by atomic mass is 10.00. The van der Waals surface area contributed by atoms with Crippen LogP contribution in [0.4, 0.5) is 5.69 Å². The summed E-state index contributed by atoms with van der Waals surface area (Å²) in [5.74, 6) is -0.0600. The van der Waals surface area contributed by atoms with Gasteiger partial charge in [0.1, 0.15) is 0 Å². The highest BCUT2D eigenvalue weighted by atomic mass is 16.3. The number of para-hydroxylation sites is 1. The first-order valence-electron chi connectivity index (χ1n) is 9.33. The van der Waals surface area contributed by atoms with Crippen molar-refractivity contribution in [1.82, 2.24) is 14.8 Å². The molecule has 6 nitrogen and oxygen atoms in total. The first kappa shape index (κ1) is 18.4. The van der Waals surface area contributed by atoms with Gasteiger partial charge in [0.05, 0.1) is 17.7 Å². The number of carbonyl (C=O) groups is 1. The minimum Gasteiger partial charge on any atom is -0.398 e. The Hall–Kier alpha value is -2.96. The summed E-state index contributed by atoms with van der Waals surface area (Å²) in [5, 5.41) is 11.1. The minimum atomic E-state index is -0.523. The van der Waals surface area contributed by atoms with Crippen LogP contribution in [0.2, 0.25) is 0 Å². The molecule has 2 aromatic carbocycles. The molecule has 1 aliphatic rings. The number of amides is 1. The monoisotopic (exact) mass is 376 g/mol. The number of rotatable bonds is 3. The van der Waals surface area contributed by atoms with Crippen molar-refractivity contribution in [3.05, 3.63) is 60.3 Å². The molecule has 0 radical (unpaired) electrons. The smallest absolute Gasteiger partial charge is 0.253 e. The molecule has 144 valence electrons. The molecule has 3 aromatic rings. The van der Waals surface area contributed by atoms with E-state index in [0.717, 1.165) is 22.0 Å². The molecule has 1 aromatic heterocycles. The van der Waals surface area contributed by atoms with Gasteiger partial charge in [-0.2, -0.15) is 0 Å². The van der Waals surface area contributed by atoms with Gasteiger partial charge < -0.3 is 20.6 Å². The Morgan fingerprint density at radius 1 is 1.14 bits per heavy atom. The molecule has 0 bridgehead atoms. The number of fused-ring (bicyclic) bond motifs is 1. The zero-order chi connectivity index (χ0) is 19.8. The summed E-state index contributed by atoms with van der Waals surface area (Å²) in [6.07, 6.45) is 1.18. The number of aliphatic hydroxyl groups is 1. The standard InChI is InChI=1S/C22H24N4O2/c1-25(2)19-12-26(13-20(19)27)22(28)15-8-6-14(7-9-15)16-4-3-5-17-18(23)10-11-24-21(16)17/h3-11,19-20,27H,12-13H2,1-2H3,(H2,23,24). The molecule has 0 aliphatic carbocycles. The van der Waals surface area contributed by atoms with Crippen molar-refractivity contribution in [3.8, 4) is 11.1 Å². The van der Waals surface area contributed by atoms with Crippen molar-refractivity contribution in [2.75, 3.05) is 32.9 Å². The second-order valence-corrected chi connectivity index (χ2v) is 7.49. The van der Waals surface area contributed by atoms with Gasteiger partial charge in [0, 0.05) is 41.5 Å². The molecule has 1 aliphatic heterocycles. The summed E-state index contributed by atoms with van der Waals surface area (Å²) in [5.41, 5.74) is 10.2. The third kappa shape index (κ3) is 3.21. The number of nitrogens with zero attached hydrogens (tertiary/aromatic N) is 3. The highest BCUT2D eigenvalue weighted by molar-refractivity contribution is 6.00. The van der Waals surface area contributed by atoms with Gasteiger partial charge >= 0.3 is 0 Å². The maximum atomic E-state index is 12.8. The number of nitrogen functional groups attached to an aromatic ring is 1. The fourth-order valence-corrected chi connectivity index (χ4v) is 3.85. The van der Waals surface area contributed by atoms with Crippen molar-refractivity contribution in [2.24, 2.45) is 0 Å². The van der Waals surface area contributed by atoms with Gasteiger partial charge in [-0.25, -0.2) is 0 Å². The van der Waals surface area contributed by atoms with Crippen LogP contribution < -0.4 is 5.73 Å². The van der Waals surface area contributed by atoms with Gasteiger partial charge in [0.25, 0.3) is 5.91 Å². The molecule has 2 unspecified atom stereocenters. The Balaban J connectivity index is 1.60. The molecule has 1 saturated heterocycles. The topological polar surface area (TPSA) is 82.7 Å². The quantitative estimate of drug-likeness (QED) is 0.732. The Labute approximate surface area is 164 Å². The number of likely N-dealkylation sites (N-methyl/N-ethyl adjacent to an activating group) is 1. The number of hydrogen-bond donors (Lipinski definition) is 2. The summed E-state index contributed by atoms with van der Waals surface area (Å²) < 4.78 is 0. The van der Waals surface area contributed by atoms with E-state index in [-0.39, 0.29) is 11.9 Å². The molecular formula is C22H24N4O2. The van der Waals surface area contributed by atoms with Crippen molar-refractivity contribution in [1.29, 1.82) is 0 Å². The number of likely N-dealkylation sites (tertiary alicyclic amines) is 1. The van der Waals surface area contributed by atoms with E-state index in [1.54, 1.807) is 17.2 Å². The summed E-state index contributed by atoms with van der Waals surface area (Å²) in [6, 6.07) is 15.2. The molecular weight excluding hydrogens is 352 g/mol. The fourth-order valence-electron chi connectivity index (χ4n) is 3.85. The summed E-state index contributed by atoms with van der Waals surface area (Å²) in [4.78, 5) is 21.0. The molecule has 1 fully saturated rings. The summed E-state index contributed by atoms with van der Waals surface area (Å²) in [7, 11) is 3.84. The van der Waals surface area contributed by atoms with Gasteiger partial charge in [-0.05, 0) is 37.9 Å². The number of hydrogen-bond acceptors (Lipinski definition) is 5. The van der Waals surface area contributed by atoms with Gasteiger partial charge in [-0.1, -0.05) is 30.3 Å². The zero-order valence-electron chi connectivity index (χ0n) is 16.0. The Kier molecular flexibility index (Phi) is 4.75. The van der Waals surface area contributed by atoms with Crippen LogP contribution in [0.5, 0.6) is 0 Å². The maximum absolute atomic E-state index is 12.8. The molecule has 2 atom stereocenters. The van der Waals surface area contributed by atoms with E-state index >= 15 is 0 Å². The molecule has 0 spiro atoms. The minimum absolute atomic E-state index is 0.0320. The van der Waals surface area contributed by atoms with Crippen LogP contribution in [0.25, 0.3) is 22.0 Å². The average molecular weight is 376 g/mol. The fraction of sp³-hybridized carbons (Fsp3) is 0.273. The molecule has 6 heteroatoms. The third-order valence-electron chi connectivity index (χ3n) is 5.46. The molecule has 4 rings (SSSR count). The third-order valence-corrected chi connectivity index (χ3v) is 5.46. The van der Waals surface area contributed by atoms with E-state index in [9.17, 15) is 9.90 Å².